The highest BCUT2D eigenvalue weighted by Crippen LogP contribution is 2.27. The van der Waals surface area contributed by atoms with Crippen molar-refractivity contribution in [2.24, 2.45) is 0 Å². The topological polar surface area (TPSA) is 65.0 Å². The standard InChI is InChI=1S/C24H40N2O3/c1-26(21-10-4-2-5-11-21)17-22(27)18-29-23-12-8-9-20(15-23)16-25-19-24(28)13-6-3-7-14-24/h8-9,12,15,21-22,25,27-28H,2-7,10-11,13-14,16-19H2,1H3/t22-/m1/s1. The summed E-state index contributed by atoms with van der Waals surface area (Å²) in [4.78, 5) is 2.30. The van der Waals surface area contributed by atoms with Crippen LogP contribution in [0.15, 0.2) is 24.3 Å². The van der Waals surface area contributed by atoms with E-state index in [1.165, 1.54) is 38.5 Å². The average molecular weight is 405 g/mol. The molecule has 1 aromatic rings. The molecule has 0 amide bonds. The maximum absolute atomic E-state index is 10.6. The molecule has 3 N–H and O–H groups in total. The van der Waals surface area contributed by atoms with Crippen LogP contribution in [0.25, 0.3) is 0 Å². The number of nitrogens with zero attached hydrogens (tertiary/aromatic N) is 1. The molecule has 3 rings (SSSR count). The second-order valence-corrected chi connectivity index (χ2v) is 9.23. The van der Waals surface area contributed by atoms with E-state index in [9.17, 15) is 10.2 Å². The van der Waals surface area contributed by atoms with Gasteiger partial charge in [0.15, 0.2) is 0 Å². The van der Waals surface area contributed by atoms with Crippen molar-refractivity contribution in [3.05, 3.63) is 29.8 Å². The molecule has 1 atom stereocenters. The van der Waals surface area contributed by atoms with Gasteiger partial charge in [0, 0.05) is 25.7 Å². The van der Waals surface area contributed by atoms with Crippen molar-refractivity contribution in [2.45, 2.75) is 88.5 Å². The van der Waals surface area contributed by atoms with Gasteiger partial charge in [-0.1, -0.05) is 50.7 Å². The first-order chi connectivity index (χ1) is 14.0. The van der Waals surface area contributed by atoms with Crippen LogP contribution >= 0.6 is 0 Å². The first kappa shape index (κ1) is 22.5. The van der Waals surface area contributed by atoms with Gasteiger partial charge in [-0.3, -0.25) is 0 Å². The normalized spacial score (nSPS) is 21.2. The van der Waals surface area contributed by atoms with E-state index in [0.717, 1.165) is 37.0 Å². The Morgan fingerprint density at radius 2 is 1.86 bits per heavy atom. The van der Waals surface area contributed by atoms with Crippen LogP contribution < -0.4 is 10.1 Å². The molecule has 0 aliphatic heterocycles. The third-order valence-electron chi connectivity index (χ3n) is 6.61. The quantitative estimate of drug-likeness (QED) is 0.557. The SMILES string of the molecule is CN(C[C@@H](O)COc1cccc(CNCC2(O)CCCCC2)c1)C1CCCCC1. The second kappa shape index (κ2) is 11.3. The Kier molecular flexibility index (Phi) is 8.79. The number of hydrogen-bond donors (Lipinski definition) is 3. The van der Waals surface area contributed by atoms with Gasteiger partial charge in [0.1, 0.15) is 18.5 Å². The van der Waals surface area contributed by atoms with Crippen LogP contribution in [0.3, 0.4) is 0 Å². The second-order valence-electron chi connectivity index (χ2n) is 9.23. The monoisotopic (exact) mass is 404 g/mol. The molecule has 5 nitrogen and oxygen atoms in total. The number of benzene rings is 1. The molecule has 0 spiro atoms. The Labute approximate surface area is 176 Å². The zero-order valence-corrected chi connectivity index (χ0v) is 18.1. The van der Waals surface area contributed by atoms with Crippen LogP contribution in [-0.2, 0) is 6.54 Å². The number of hydrogen-bond acceptors (Lipinski definition) is 5. The molecule has 0 aromatic heterocycles. The molecule has 2 aliphatic rings. The Balaban J connectivity index is 1.38. The van der Waals surface area contributed by atoms with E-state index in [-0.39, 0.29) is 0 Å². The fourth-order valence-corrected chi connectivity index (χ4v) is 4.82. The van der Waals surface area contributed by atoms with Gasteiger partial charge in [-0.2, -0.15) is 0 Å². The highest BCUT2D eigenvalue weighted by atomic mass is 16.5. The molecular weight excluding hydrogens is 364 g/mol. The Bertz CT molecular complexity index is 598. The van der Waals surface area contributed by atoms with E-state index < -0.39 is 11.7 Å². The van der Waals surface area contributed by atoms with Crippen LogP contribution in [0, 0.1) is 0 Å². The van der Waals surface area contributed by atoms with Crippen LogP contribution in [0.5, 0.6) is 5.75 Å². The summed E-state index contributed by atoms with van der Waals surface area (Å²) in [5.41, 5.74) is 0.594. The predicted octanol–water partition coefficient (Wildman–Crippen LogP) is 3.48. The summed E-state index contributed by atoms with van der Waals surface area (Å²) in [5.74, 6) is 0.792. The van der Waals surface area contributed by atoms with E-state index in [1.807, 2.05) is 18.2 Å². The Morgan fingerprint density at radius 3 is 2.62 bits per heavy atom. The lowest BCUT2D eigenvalue weighted by Crippen LogP contribution is -2.41. The number of likely N-dealkylation sites (N-methyl/N-ethyl adjacent to an activating group) is 1. The number of ether oxygens (including phenoxy) is 1. The molecule has 0 radical (unpaired) electrons. The summed E-state index contributed by atoms with van der Waals surface area (Å²) < 4.78 is 5.86. The lowest BCUT2D eigenvalue weighted by atomic mass is 9.85. The van der Waals surface area contributed by atoms with Crippen molar-refractivity contribution in [2.75, 3.05) is 26.7 Å². The molecule has 2 saturated carbocycles. The molecule has 0 heterocycles. The number of rotatable bonds is 10. The molecule has 2 fully saturated rings. The molecule has 0 saturated heterocycles. The summed E-state index contributed by atoms with van der Waals surface area (Å²) in [6.45, 7) is 2.33. The minimum absolute atomic E-state index is 0.313. The van der Waals surface area contributed by atoms with Crippen molar-refractivity contribution in [1.29, 1.82) is 0 Å². The fraction of sp³-hybridized carbons (Fsp3) is 0.750. The van der Waals surface area contributed by atoms with Crippen molar-refractivity contribution in [3.63, 3.8) is 0 Å². The lowest BCUT2D eigenvalue weighted by Gasteiger charge is -2.32. The summed E-state index contributed by atoms with van der Waals surface area (Å²) >= 11 is 0. The lowest BCUT2D eigenvalue weighted by molar-refractivity contribution is 0.00467. The maximum atomic E-state index is 10.6. The van der Waals surface area contributed by atoms with E-state index >= 15 is 0 Å². The smallest absolute Gasteiger partial charge is 0.119 e. The van der Waals surface area contributed by atoms with Gasteiger partial charge in [0.25, 0.3) is 0 Å². The first-order valence-electron chi connectivity index (χ1n) is 11.6. The minimum Gasteiger partial charge on any atom is -0.491 e. The third kappa shape index (κ3) is 7.56. The summed E-state index contributed by atoms with van der Waals surface area (Å²) in [6, 6.07) is 8.62. The highest BCUT2D eigenvalue weighted by molar-refractivity contribution is 5.28. The average Bonchev–Trinajstić information content (AvgIpc) is 2.73. The summed E-state index contributed by atoms with van der Waals surface area (Å²) in [7, 11) is 2.12. The van der Waals surface area contributed by atoms with Crippen molar-refractivity contribution in [1.82, 2.24) is 10.2 Å². The third-order valence-corrected chi connectivity index (χ3v) is 6.61. The van der Waals surface area contributed by atoms with E-state index in [1.54, 1.807) is 0 Å². The van der Waals surface area contributed by atoms with Crippen LogP contribution in [0.4, 0.5) is 0 Å². The van der Waals surface area contributed by atoms with Gasteiger partial charge < -0.3 is 25.2 Å². The Morgan fingerprint density at radius 1 is 1.14 bits per heavy atom. The van der Waals surface area contributed by atoms with Gasteiger partial charge in [0.2, 0.25) is 0 Å². The van der Waals surface area contributed by atoms with Gasteiger partial charge in [-0.05, 0) is 50.4 Å². The Hall–Kier alpha value is -1.14. The molecule has 1 aromatic carbocycles. The largest absolute Gasteiger partial charge is 0.491 e. The van der Waals surface area contributed by atoms with Gasteiger partial charge in [-0.15, -0.1) is 0 Å². The number of aliphatic hydroxyl groups is 2. The maximum Gasteiger partial charge on any atom is 0.119 e. The first-order valence-corrected chi connectivity index (χ1v) is 11.6. The predicted molar refractivity (Wildman–Crippen MR) is 117 cm³/mol. The molecule has 29 heavy (non-hydrogen) atoms. The molecule has 2 aliphatic carbocycles. The van der Waals surface area contributed by atoms with E-state index in [2.05, 4.69) is 23.3 Å². The number of nitrogens with one attached hydrogen (secondary N) is 1. The fourth-order valence-electron chi connectivity index (χ4n) is 4.82. The van der Waals surface area contributed by atoms with Gasteiger partial charge >= 0.3 is 0 Å². The zero-order valence-electron chi connectivity index (χ0n) is 18.1. The summed E-state index contributed by atoms with van der Waals surface area (Å²) in [5, 5.41) is 24.4. The van der Waals surface area contributed by atoms with Crippen molar-refractivity contribution < 1.29 is 14.9 Å². The number of aliphatic hydroxyl groups excluding tert-OH is 1. The van der Waals surface area contributed by atoms with E-state index in [0.29, 0.717) is 32.3 Å². The minimum atomic E-state index is -0.541. The van der Waals surface area contributed by atoms with Crippen molar-refractivity contribution >= 4 is 0 Å². The van der Waals surface area contributed by atoms with Gasteiger partial charge in [0.05, 0.1) is 5.60 Å². The molecule has 5 heteroatoms. The van der Waals surface area contributed by atoms with E-state index in [4.69, 9.17) is 4.74 Å². The zero-order chi connectivity index (χ0) is 20.5. The molecular formula is C24H40N2O3. The van der Waals surface area contributed by atoms with Crippen molar-refractivity contribution in [3.8, 4) is 5.75 Å². The van der Waals surface area contributed by atoms with Gasteiger partial charge in [-0.25, -0.2) is 0 Å². The summed E-state index contributed by atoms with van der Waals surface area (Å²) in [6.07, 6.45) is 11.3. The van der Waals surface area contributed by atoms with Crippen LogP contribution in [0.1, 0.15) is 69.8 Å². The van der Waals surface area contributed by atoms with Crippen LogP contribution in [-0.4, -0.2) is 59.6 Å². The molecule has 0 unspecified atom stereocenters. The van der Waals surface area contributed by atoms with Crippen LogP contribution in [0.2, 0.25) is 0 Å². The highest BCUT2D eigenvalue weighted by Gasteiger charge is 2.28. The molecule has 0 bridgehead atoms. The molecule has 164 valence electrons.